The molecule has 0 saturated carbocycles. The maximum Gasteiger partial charge on any atom is 0.0594 e. The van der Waals surface area contributed by atoms with E-state index < -0.39 is 0 Å². The number of hydrogen-bond donors (Lipinski definition) is 2. The highest BCUT2D eigenvalue weighted by Crippen LogP contribution is 2.11. The summed E-state index contributed by atoms with van der Waals surface area (Å²) in [5.41, 5.74) is 1.17. The molecule has 0 amide bonds. The number of nitrogens with one attached hydrogen (secondary N) is 1. The smallest absolute Gasteiger partial charge is 0.0594 e. The van der Waals surface area contributed by atoms with E-state index >= 15 is 0 Å². The van der Waals surface area contributed by atoms with Gasteiger partial charge < -0.3 is 10.1 Å². The first-order valence-electron chi connectivity index (χ1n) is 6.17. The number of benzene rings is 1. The lowest BCUT2D eigenvalue weighted by Gasteiger charge is -2.26. The van der Waals surface area contributed by atoms with Gasteiger partial charge in [-0.2, -0.15) is 0 Å². The van der Waals surface area contributed by atoms with Crippen LogP contribution in [-0.4, -0.2) is 44.3 Å². The summed E-state index contributed by atoms with van der Waals surface area (Å²) >= 11 is 4.26. The molecule has 0 aliphatic carbocycles. The van der Waals surface area contributed by atoms with Crippen LogP contribution in [0.4, 0.5) is 5.69 Å². The van der Waals surface area contributed by atoms with E-state index in [1.54, 1.807) is 0 Å². The van der Waals surface area contributed by atoms with Gasteiger partial charge in [-0.25, -0.2) is 0 Å². The van der Waals surface area contributed by atoms with Crippen LogP contribution in [0, 0.1) is 0 Å². The third-order valence-electron chi connectivity index (χ3n) is 2.95. The normalized spacial score (nSPS) is 17.0. The van der Waals surface area contributed by atoms with Crippen LogP contribution < -0.4 is 5.32 Å². The number of nitrogens with zero attached hydrogens (tertiary/aromatic N) is 1. The molecule has 1 fully saturated rings. The zero-order valence-corrected chi connectivity index (χ0v) is 11.0. The van der Waals surface area contributed by atoms with Crippen LogP contribution in [0.1, 0.15) is 6.42 Å². The molecule has 4 heteroatoms. The molecule has 0 atom stereocenters. The van der Waals surface area contributed by atoms with Crippen molar-refractivity contribution < 1.29 is 4.74 Å². The highest BCUT2D eigenvalue weighted by atomic mass is 32.1. The van der Waals surface area contributed by atoms with Crippen molar-refractivity contribution in [3.63, 3.8) is 0 Å². The van der Waals surface area contributed by atoms with Gasteiger partial charge in [0.15, 0.2) is 0 Å². The van der Waals surface area contributed by atoms with Gasteiger partial charge in [0.2, 0.25) is 0 Å². The average Bonchev–Trinajstić information content (AvgIpc) is 2.38. The van der Waals surface area contributed by atoms with Crippen LogP contribution in [0.15, 0.2) is 29.2 Å². The Labute approximate surface area is 109 Å². The van der Waals surface area contributed by atoms with Gasteiger partial charge in [0.05, 0.1) is 13.2 Å². The minimum Gasteiger partial charge on any atom is -0.385 e. The second kappa shape index (κ2) is 6.89. The predicted molar refractivity (Wildman–Crippen MR) is 74.1 cm³/mol. The summed E-state index contributed by atoms with van der Waals surface area (Å²) in [5.74, 6) is 0. The summed E-state index contributed by atoms with van der Waals surface area (Å²) < 4.78 is 5.32. The molecule has 1 aliphatic rings. The molecule has 17 heavy (non-hydrogen) atoms. The van der Waals surface area contributed by atoms with E-state index in [1.807, 2.05) is 12.1 Å². The molecule has 0 radical (unpaired) electrons. The van der Waals surface area contributed by atoms with E-state index in [1.165, 1.54) is 12.1 Å². The van der Waals surface area contributed by atoms with Crippen LogP contribution in [0.2, 0.25) is 0 Å². The fourth-order valence-electron chi connectivity index (χ4n) is 1.94. The van der Waals surface area contributed by atoms with E-state index in [-0.39, 0.29) is 0 Å². The molecule has 1 aromatic rings. The first kappa shape index (κ1) is 12.7. The largest absolute Gasteiger partial charge is 0.385 e. The Hall–Kier alpha value is -0.710. The fourth-order valence-corrected chi connectivity index (χ4v) is 2.09. The minimum atomic E-state index is 0.886. The Morgan fingerprint density at radius 3 is 2.59 bits per heavy atom. The molecule has 94 valence electrons. The maximum absolute atomic E-state index is 5.32. The molecule has 1 aliphatic heterocycles. The topological polar surface area (TPSA) is 24.5 Å². The van der Waals surface area contributed by atoms with Crippen LogP contribution in [0.25, 0.3) is 0 Å². The number of hydrogen-bond acceptors (Lipinski definition) is 4. The summed E-state index contributed by atoms with van der Waals surface area (Å²) in [6.07, 6.45) is 1.17. The molecule has 1 heterocycles. The molecule has 0 bridgehead atoms. The van der Waals surface area contributed by atoms with Gasteiger partial charge in [0, 0.05) is 30.2 Å². The van der Waals surface area contributed by atoms with Crippen LogP contribution >= 0.6 is 12.6 Å². The number of thiol groups is 1. The standard InChI is InChI=1S/C13H20N2OS/c17-13-4-2-12(3-5-13)14-6-1-7-15-8-10-16-11-9-15/h2-5,14,17H,1,6-11H2. The number of rotatable bonds is 5. The molecule has 1 saturated heterocycles. The maximum atomic E-state index is 5.32. The SMILES string of the molecule is Sc1ccc(NCCCN2CCOCC2)cc1. The summed E-state index contributed by atoms with van der Waals surface area (Å²) in [7, 11) is 0. The summed E-state index contributed by atoms with van der Waals surface area (Å²) in [6, 6.07) is 8.15. The van der Waals surface area contributed by atoms with Crippen molar-refractivity contribution in [3.8, 4) is 0 Å². The van der Waals surface area contributed by atoms with Gasteiger partial charge in [0.1, 0.15) is 0 Å². The first-order chi connectivity index (χ1) is 8.34. The molecular formula is C13H20N2OS. The summed E-state index contributed by atoms with van der Waals surface area (Å²) in [5, 5.41) is 3.42. The molecular weight excluding hydrogens is 232 g/mol. The molecule has 0 spiro atoms. The molecule has 2 rings (SSSR count). The number of anilines is 1. The van der Waals surface area contributed by atoms with Gasteiger partial charge in [0.25, 0.3) is 0 Å². The lowest BCUT2D eigenvalue weighted by atomic mass is 10.3. The third-order valence-corrected chi connectivity index (χ3v) is 3.25. The van der Waals surface area contributed by atoms with Gasteiger partial charge in [-0.3, -0.25) is 4.90 Å². The van der Waals surface area contributed by atoms with Crippen LogP contribution in [0.3, 0.4) is 0 Å². The lowest BCUT2D eigenvalue weighted by molar-refractivity contribution is 0.0378. The molecule has 1 N–H and O–H groups in total. The molecule has 0 aromatic heterocycles. The van der Waals surface area contributed by atoms with Crippen molar-refractivity contribution in [2.24, 2.45) is 0 Å². The van der Waals surface area contributed by atoms with E-state index in [2.05, 4.69) is 35.0 Å². The monoisotopic (exact) mass is 252 g/mol. The quantitative estimate of drug-likeness (QED) is 0.620. The van der Waals surface area contributed by atoms with Crippen LogP contribution in [0.5, 0.6) is 0 Å². The highest BCUT2D eigenvalue weighted by molar-refractivity contribution is 7.80. The number of ether oxygens (including phenoxy) is 1. The zero-order valence-electron chi connectivity index (χ0n) is 10.1. The Kier molecular flexibility index (Phi) is 5.16. The molecule has 0 unspecified atom stereocenters. The van der Waals surface area contributed by atoms with E-state index in [0.29, 0.717) is 0 Å². The van der Waals surface area contributed by atoms with Crippen LogP contribution in [-0.2, 0) is 4.74 Å². The summed E-state index contributed by atoms with van der Waals surface area (Å²) in [6.45, 7) is 6.10. The van der Waals surface area contributed by atoms with Crippen molar-refractivity contribution >= 4 is 18.3 Å². The lowest BCUT2D eigenvalue weighted by Crippen LogP contribution is -2.37. The summed E-state index contributed by atoms with van der Waals surface area (Å²) in [4.78, 5) is 3.46. The molecule has 1 aromatic carbocycles. The van der Waals surface area contributed by atoms with Gasteiger partial charge in [-0.15, -0.1) is 12.6 Å². The number of morpholine rings is 1. The fraction of sp³-hybridized carbons (Fsp3) is 0.538. The van der Waals surface area contributed by atoms with E-state index in [0.717, 1.165) is 44.3 Å². The Morgan fingerprint density at radius 2 is 1.88 bits per heavy atom. The predicted octanol–water partition coefficient (Wildman–Crippen LogP) is 2.11. The van der Waals surface area contributed by atoms with Crippen molar-refractivity contribution in [2.75, 3.05) is 44.7 Å². The van der Waals surface area contributed by atoms with Gasteiger partial charge in [-0.1, -0.05) is 0 Å². The minimum absolute atomic E-state index is 0.886. The van der Waals surface area contributed by atoms with Crippen molar-refractivity contribution in [2.45, 2.75) is 11.3 Å². The Morgan fingerprint density at radius 1 is 1.18 bits per heavy atom. The average molecular weight is 252 g/mol. The second-order valence-electron chi connectivity index (χ2n) is 4.28. The van der Waals surface area contributed by atoms with E-state index in [4.69, 9.17) is 4.74 Å². The molecule has 3 nitrogen and oxygen atoms in total. The van der Waals surface area contributed by atoms with Crippen molar-refractivity contribution in [1.29, 1.82) is 0 Å². The Bertz CT molecular complexity index is 323. The van der Waals surface area contributed by atoms with Gasteiger partial charge in [-0.05, 0) is 37.2 Å². The van der Waals surface area contributed by atoms with Crippen molar-refractivity contribution in [3.05, 3.63) is 24.3 Å². The third kappa shape index (κ3) is 4.58. The zero-order chi connectivity index (χ0) is 11.9. The second-order valence-corrected chi connectivity index (χ2v) is 4.80. The van der Waals surface area contributed by atoms with E-state index in [9.17, 15) is 0 Å². The first-order valence-corrected chi connectivity index (χ1v) is 6.62. The Balaban J connectivity index is 1.60. The van der Waals surface area contributed by atoms with Crippen molar-refractivity contribution in [1.82, 2.24) is 4.90 Å². The highest BCUT2D eigenvalue weighted by Gasteiger charge is 2.08. The van der Waals surface area contributed by atoms with Gasteiger partial charge >= 0.3 is 0 Å².